The van der Waals surface area contributed by atoms with E-state index in [4.69, 9.17) is 0 Å². The number of nitrogens with zero attached hydrogens (tertiary/aromatic N) is 1. The lowest BCUT2D eigenvalue weighted by Crippen LogP contribution is -2.38. The Bertz CT molecular complexity index is 598. The lowest BCUT2D eigenvalue weighted by molar-refractivity contribution is -0.131. The molecule has 1 saturated heterocycles. The summed E-state index contributed by atoms with van der Waals surface area (Å²) in [5, 5.41) is 5.31. The number of hydrogen-bond acceptors (Lipinski definition) is 3. The van der Waals surface area contributed by atoms with Crippen molar-refractivity contribution < 1.29 is 14.4 Å². The van der Waals surface area contributed by atoms with Crippen LogP contribution in [-0.4, -0.2) is 35.3 Å². The van der Waals surface area contributed by atoms with Crippen LogP contribution in [0.15, 0.2) is 24.3 Å². The molecule has 2 N–H and O–H groups in total. The summed E-state index contributed by atoms with van der Waals surface area (Å²) in [6, 6.07) is 6.30. The first-order valence-corrected chi connectivity index (χ1v) is 7.35. The zero-order chi connectivity index (χ0) is 16.3. The molecule has 0 bridgehead atoms. The molecule has 6 nitrogen and oxygen atoms in total. The van der Waals surface area contributed by atoms with Crippen LogP contribution in [0.2, 0.25) is 0 Å². The minimum atomic E-state index is -0.528. The van der Waals surface area contributed by atoms with Gasteiger partial charge in [-0.15, -0.1) is 0 Å². The Hall–Kier alpha value is -2.37. The van der Waals surface area contributed by atoms with Gasteiger partial charge in [-0.05, 0) is 37.0 Å². The summed E-state index contributed by atoms with van der Waals surface area (Å²) in [6.07, 6.45) is 0.570. The Morgan fingerprint density at radius 2 is 2.09 bits per heavy atom. The molecule has 0 aromatic heterocycles. The monoisotopic (exact) mass is 303 g/mol. The van der Waals surface area contributed by atoms with Crippen LogP contribution in [0.25, 0.3) is 0 Å². The molecule has 2 rings (SSSR count). The van der Waals surface area contributed by atoms with Crippen molar-refractivity contribution in [2.24, 2.45) is 5.92 Å². The Morgan fingerprint density at radius 1 is 1.36 bits per heavy atom. The number of carbonyl (C=O) groups is 3. The molecule has 1 aliphatic rings. The first kappa shape index (κ1) is 16.0. The second-order valence-corrected chi connectivity index (χ2v) is 5.97. The first-order valence-electron chi connectivity index (χ1n) is 7.35. The highest BCUT2D eigenvalue weighted by Gasteiger charge is 2.38. The summed E-state index contributed by atoms with van der Waals surface area (Å²) in [7, 11) is 0. The number of imide groups is 1. The van der Waals surface area contributed by atoms with Gasteiger partial charge in [0.15, 0.2) is 0 Å². The van der Waals surface area contributed by atoms with Crippen LogP contribution < -0.4 is 10.6 Å². The molecule has 1 aromatic rings. The molecule has 1 aromatic carbocycles. The van der Waals surface area contributed by atoms with Crippen molar-refractivity contribution in [3.63, 3.8) is 0 Å². The molecule has 22 heavy (non-hydrogen) atoms. The molecule has 6 heteroatoms. The number of aryl methyl sites for hydroxylation is 1. The number of carbonyl (C=O) groups excluding carboxylic acids is 3. The SMILES string of the molecule is Cc1cccc(NC(=O)CN2C(=O)NC(CC(C)C)C2=O)c1. The molecule has 0 saturated carbocycles. The average molecular weight is 303 g/mol. The molecule has 1 aliphatic heterocycles. The molecule has 4 amide bonds. The Balaban J connectivity index is 1.96. The first-order chi connectivity index (χ1) is 10.4. The Morgan fingerprint density at radius 3 is 2.73 bits per heavy atom. The lowest BCUT2D eigenvalue weighted by Gasteiger charge is -2.14. The van der Waals surface area contributed by atoms with Gasteiger partial charge in [0, 0.05) is 5.69 Å². The van der Waals surface area contributed by atoms with Crippen LogP contribution >= 0.6 is 0 Å². The maximum Gasteiger partial charge on any atom is 0.325 e. The number of urea groups is 1. The largest absolute Gasteiger partial charge is 0.326 e. The summed E-state index contributed by atoms with van der Waals surface area (Å²) in [5.74, 6) is -0.437. The zero-order valence-corrected chi connectivity index (χ0v) is 13.1. The quantitative estimate of drug-likeness (QED) is 0.815. The van der Waals surface area contributed by atoms with E-state index in [9.17, 15) is 14.4 Å². The van der Waals surface area contributed by atoms with E-state index in [1.807, 2.05) is 39.0 Å². The van der Waals surface area contributed by atoms with Crippen molar-refractivity contribution >= 4 is 23.5 Å². The van der Waals surface area contributed by atoms with Crippen molar-refractivity contribution in [3.05, 3.63) is 29.8 Å². The predicted molar refractivity (Wildman–Crippen MR) is 83.3 cm³/mol. The molecule has 1 atom stereocenters. The number of amides is 4. The van der Waals surface area contributed by atoms with E-state index in [1.165, 1.54) is 0 Å². The van der Waals surface area contributed by atoms with E-state index in [1.54, 1.807) is 6.07 Å². The fourth-order valence-electron chi connectivity index (χ4n) is 2.42. The van der Waals surface area contributed by atoms with Crippen molar-refractivity contribution in [3.8, 4) is 0 Å². The zero-order valence-electron chi connectivity index (χ0n) is 13.1. The third-order valence-corrected chi connectivity index (χ3v) is 3.42. The van der Waals surface area contributed by atoms with Crippen LogP contribution in [0, 0.1) is 12.8 Å². The number of benzene rings is 1. The number of hydrogen-bond donors (Lipinski definition) is 2. The van der Waals surface area contributed by atoms with Crippen LogP contribution in [-0.2, 0) is 9.59 Å². The van der Waals surface area contributed by atoms with Gasteiger partial charge in [-0.25, -0.2) is 4.79 Å². The summed E-state index contributed by atoms with van der Waals surface area (Å²) in [6.45, 7) is 5.61. The minimum absolute atomic E-state index is 0.271. The third-order valence-electron chi connectivity index (χ3n) is 3.42. The van der Waals surface area contributed by atoms with Crippen molar-refractivity contribution in [1.29, 1.82) is 0 Å². The molecule has 0 radical (unpaired) electrons. The minimum Gasteiger partial charge on any atom is -0.326 e. The summed E-state index contributed by atoms with van der Waals surface area (Å²) < 4.78 is 0. The van der Waals surface area contributed by atoms with Gasteiger partial charge >= 0.3 is 6.03 Å². The van der Waals surface area contributed by atoms with E-state index in [0.717, 1.165) is 10.5 Å². The van der Waals surface area contributed by atoms with Crippen LogP contribution in [0.1, 0.15) is 25.8 Å². The smallest absolute Gasteiger partial charge is 0.325 e. The van der Waals surface area contributed by atoms with E-state index in [2.05, 4.69) is 10.6 Å². The summed E-state index contributed by atoms with van der Waals surface area (Å²) in [4.78, 5) is 37.0. The third kappa shape index (κ3) is 3.84. The highest BCUT2D eigenvalue weighted by molar-refractivity contribution is 6.07. The number of rotatable bonds is 5. The maximum absolute atomic E-state index is 12.2. The Labute approximate surface area is 129 Å². The van der Waals surface area contributed by atoms with Crippen LogP contribution in [0.4, 0.5) is 10.5 Å². The lowest BCUT2D eigenvalue weighted by atomic mass is 10.0. The molecule has 1 fully saturated rings. The van der Waals surface area contributed by atoms with E-state index >= 15 is 0 Å². The van der Waals surface area contributed by atoms with Gasteiger partial charge in [-0.3, -0.25) is 14.5 Å². The second-order valence-electron chi connectivity index (χ2n) is 5.97. The van der Waals surface area contributed by atoms with Crippen molar-refractivity contribution in [2.45, 2.75) is 33.2 Å². The molecule has 1 unspecified atom stereocenters. The Kier molecular flexibility index (Phi) is 4.80. The number of nitrogens with one attached hydrogen (secondary N) is 2. The molecular formula is C16H21N3O3. The maximum atomic E-state index is 12.2. The summed E-state index contributed by atoms with van der Waals surface area (Å²) >= 11 is 0. The second kappa shape index (κ2) is 6.60. The highest BCUT2D eigenvalue weighted by atomic mass is 16.2. The highest BCUT2D eigenvalue weighted by Crippen LogP contribution is 2.15. The van der Waals surface area contributed by atoms with Crippen LogP contribution in [0.5, 0.6) is 0 Å². The summed E-state index contributed by atoms with van der Waals surface area (Å²) in [5.41, 5.74) is 1.67. The normalized spacial score (nSPS) is 17.8. The van der Waals surface area contributed by atoms with Gasteiger partial charge in [0.2, 0.25) is 5.91 Å². The van der Waals surface area contributed by atoms with E-state index in [-0.39, 0.29) is 24.3 Å². The molecule has 0 spiro atoms. The van der Waals surface area contributed by atoms with Gasteiger partial charge in [0.05, 0.1) is 0 Å². The van der Waals surface area contributed by atoms with Crippen molar-refractivity contribution in [2.75, 3.05) is 11.9 Å². The van der Waals surface area contributed by atoms with E-state index < -0.39 is 12.1 Å². The topological polar surface area (TPSA) is 78.5 Å². The van der Waals surface area contributed by atoms with Gasteiger partial charge in [-0.1, -0.05) is 26.0 Å². The molecule has 0 aliphatic carbocycles. The van der Waals surface area contributed by atoms with Crippen molar-refractivity contribution in [1.82, 2.24) is 10.2 Å². The molecular weight excluding hydrogens is 282 g/mol. The average Bonchev–Trinajstić information content (AvgIpc) is 2.66. The fourth-order valence-corrected chi connectivity index (χ4v) is 2.42. The van der Waals surface area contributed by atoms with E-state index in [0.29, 0.717) is 12.1 Å². The fraction of sp³-hybridized carbons (Fsp3) is 0.438. The molecule has 1 heterocycles. The van der Waals surface area contributed by atoms with Gasteiger partial charge in [0.1, 0.15) is 12.6 Å². The predicted octanol–water partition coefficient (Wildman–Crippen LogP) is 1.90. The molecule has 118 valence electrons. The standard InChI is InChI=1S/C16H21N3O3/c1-10(2)7-13-15(21)19(16(22)18-13)9-14(20)17-12-6-4-5-11(3)8-12/h4-6,8,10,13H,7,9H2,1-3H3,(H,17,20)(H,18,22). The van der Waals surface area contributed by atoms with Crippen LogP contribution in [0.3, 0.4) is 0 Å². The van der Waals surface area contributed by atoms with Gasteiger partial charge in [-0.2, -0.15) is 0 Å². The van der Waals surface area contributed by atoms with Gasteiger partial charge in [0.25, 0.3) is 5.91 Å². The number of anilines is 1. The van der Waals surface area contributed by atoms with Gasteiger partial charge < -0.3 is 10.6 Å².